The third kappa shape index (κ3) is 4.96. The van der Waals surface area contributed by atoms with Crippen molar-refractivity contribution in [3.05, 3.63) is 65.7 Å². The molecule has 0 unspecified atom stereocenters. The van der Waals surface area contributed by atoms with Gasteiger partial charge in [-0.25, -0.2) is 8.78 Å². The summed E-state index contributed by atoms with van der Waals surface area (Å²) in [5.41, 5.74) is 1.02. The zero-order valence-corrected chi connectivity index (χ0v) is 11.4. The molecule has 1 amide bonds. The van der Waals surface area contributed by atoms with Gasteiger partial charge in [-0.2, -0.15) is 0 Å². The average molecular weight is 290 g/mol. The molecule has 0 radical (unpaired) electrons. The molecule has 3 nitrogen and oxygen atoms in total. The topological polar surface area (TPSA) is 41.1 Å². The van der Waals surface area contributed by atoms with Crippen LogP contribution in [0.1, 0.15) is 5.56 Å². The van der Waals surface area contributed by atoms with Crippen molar-refractivity contribution in [1.82, 2.24) is 5.32 Å². The van der Waals surface area contributed by atoms with Crippen molar-refractivity contribution in [2.24, 2.45) is 0 Å². The first-order chi connectivity index (χ1) is 10.1. The summed E-state index contributed by atoms with van der Waals surface area (Å²) in [5.74, 6) is -0.919. The molecule has 2 N–H and O–H groups in total. The summed E-state index contributed by atoms with van der Waals surface area (Å²) >= 11 is 0. The Kier molecular flexibility index (Phi) is 5.40. The molecule has 21 heavy (non-hydrogen) atoms. The van der Waals surface area contributed by atoms with Crippen LogP contribution in [-0.2, 0) is 11.2 Å². The standard InChI is InChI=1S/C16H16F2N2O/c17-13-5-3-6-14(10-13)20-16(21)11-19-9-8-12-4-1-2-7-15(12)18/h1-7,10,19H,8-9,11H2,(H,20,21). The van der Waals surface area contributed by atoms with Crippen LogP contribution in [-0.4, -0.2) is 19.0 Å². The quantitative estimate of drug-likeness (QED) is 0.803. The van der Waals surface area contributed by atoms with Gasteiger partial charge < -0.3 is 10.6 Å². The lowest BCUT2D eigenvalue weighted by Crippen LogP contribution is -2.29. The van der Waals surface area contributed by atoms with E-state index in [0.29, 0.717) is 24.2 Å². The molecule has 2 rings (SSSR count). The Morgan fingerprint density at radius 1 is 1.05 bits per heavy atom. The fraction of sp³-hybridized carbons (Fsp3) is 0.188. The maximum atomic E-state index is 13.4. The Morgan fingerprint density at radius 3 is 2.62 bits per heavy atom. The van der Waals surface area contributed by atoms with E-state index in [4.69, 9.17) is 0 Å². The van der Waals surface area contributed by atoms with E-state index in [1.54, 1.807) is 24.3 Å². The fourth-order valence-electron chi connectivity index (χ4n) is 1.90. The highest BCUT2D eigenvalue weighted by Crippen LogP contribution is 2.08. The van der Waals surface area contributed by atoms with Crippen LogP contribution in [0.25, 0.3) is 0 Å². The molecule has 110 valence electrons. The van der Waals surface area contributed by atoms with Gasteiger partial charge >= 0.3 is 0 Å². The zero-order chi connectivity index (χ0) is 15.1. The molecule has 5 heteroatoms. The van der Waals surface area contributed by atoms with Crippen molar-refractivity contribution in [2.75, 3.05) is 18.4 Å². The summed E-state index contributed by atoms with van der Waals surface area (Å²) < 4.78 is 26.3. The summed E-state index contributed by atoms with van der Waals surface area (Å²) in [6.07, 6.45) is 0.500. The van der Waals surface area contributed by atoms with E-state index in [1.807, 2.05) is 0 Å². The zero-order valence-electron chi connectivity index (χ0n) is 11.4. The Balaban J connectivity index is 1.71. The molecular formula is C16H16F2N2O. The Hall–Kier alpha value is -2.27. The van der Waals surface area contributed by atoms with Crippen molar-refractivity contribution in [3.63, 3.8) is 0 Å². The van der Waals surface area contributed by atoms with Crippen molar-refractivity contribution in [3.8, 4) is 0 Å². The maximum absolute atomic E-state index is 13.4. The van der Waals surface area contributed by atoms with Crippen LogP contribution in [0.5, 0.6) is 0 Å². The Morgan fingerprint density at radius 2 is 1.86 bits per heavy atom. The van der Waals surface area contributed by atoms with E-state index in [2.05, 4.69) is 10.6 Å². The second kappa shape index (κ2) is 7.50. The molecule has 0 atom stereocenters. The number of carbonyl (C=O) groups is 1. The minimum atomic E-state index is -0.402. The molecule has 0 saturated carbocycles. The summed E-state index contributed by atoms with van der Waals surface area (Å²) in [5, 5.41) is 5.50. The van der Waals surface area contributed by atoms with Gasteiger partial charge in [0, 0.05) is 5.69 Å². The maximum Gasteiger partial charge on any atom is 0.238 e. The van der Waals surface area contributed by atoms with E-state index in [1.165, 1.54) is 24.3 Å². The summed E-state index contributed by atoms with van der Waals surface area (Å²) in [7, 11) is 0. The normalized spacial score (nSPS) is 10.4. The van der Waals surface area contributed by atoms with Crippen LogP contribution in [0, 0.1) is 11.6 Å². The van der Waals surface area contributed by atoms with Crippen molar-refractivity contribution in [2.45, 2.75) is 6.42 Å². The van der Waals surface area contributed by atoms with E-state index in [0.717, 1.165) is 0 Å². The SMILES string of the molecule is O=C(CNCCc1ccccc1F)Nc1cccc(F)c1. The van der Waals surface area contributed by atoms with Crippen LogP contribution >= 0.6 is 0 Å². The number of rotatable bonds is 6. The third-order valence-corrected chi connectivity index (χ3v) is 2.92. The van der Waals surface area contributed by atoms with Gasteiger partial charge in [-0.15, -0.1) is 0 Å². The van der Waals surface area contributed by atoms with Gasteiger partial charge in [0.15, 0.2) is 0 Å². The van der Waals surface area contributed by atoms with Crippen molar-refractivity contribution in [1.29, 1.82) is 0 Å². The van der Waals surface area contributed by atoms with Crippen LogP contribution < -0.4 is 10.6 Å². The number of hydrogen-bond donors (Lipinski definition) is 2. The number of benzene rings is 2. The van der Waals surface area contributed by atoms with Gasteiger partial charge in [0.1, 0.15) is 11.6 Å². The van der Waals surface area contributed by atoms with Gasteiger partial charge in [-0.05, 0) is 42.8 Å². The largest absolute Gasteiger partial charge is 0.325 e. The predicted octanol–water partition coefficient (Wildman–Crippen LogP) is 2.74. The Bertz CT molecular complexity index is 617. The molecule has 0 aliphatic rings. The van der Waals surface area contributed by atoms with Crippen LogP contribution in [0.3, 0.4) is 0 Å². The van der Waals surface area contributed by atoms with Gasteiger partial charge in [-0.1, -0.05) is 24.3 Å². The van der Waals surface area contributed by atoms with Gasteiger partial charge in [0.25, 0.3) is 0 Å². The van der Waals surface area contributed by atoms with Gasteiger partial charge in [0.2, 0.25) is 5.91 Å². The van der Waals surface area contributed by atoms with E-state index in [9.17, 15) is 13.6 Å². The van der Waals surface area contributed by atoms with Crippen LogP contribution in [0.15, 0.2) is 48.5 Å². The first-order valence-electron chi connectivity index (χ1n) is 6.65. The molecule has 0 spiro atoms. The molecular weight excluding hydrogens is 274 g/mol. The fourth-order valence-corrected chi connectivity index (χ4v) is 1.90. The lowest BCUT2D eigenvalue weighted by atomic mass is 10.1. The predicted molar refractivity (Wildman–Crippen MR) is 78.0 cm³/mol. The number of anilines is 1. The molecule has 0 aliphatic heterocycles. The number of halogens is 2. The van der Waals surface area contributed by atoms with Crippen molar-refractivity contribution < 1.29 is 13.6 Å². The van der Waals surface area contributed by atoms with E-state index in [-0.39, 0.29) is 18.3 Å². The lowest BCUT2D eigenvalue weighted by molar-refractivity contribution is -0.115. The minimum Gasteiger partial charge on any atom is -0.325 e. The number of carbonyl (C=O) groups excluding carboxylic acids is 1. The lowest BCUT2D eigenvalue weighted by Gasteiger charge is -2.07. The highest BCUT2D eigenvalue weighted by atomic mass is 19.1. The van der Waals surface area contributed by atoms with Crippen LogP contribution in [0.4, 0.5) is 14.5 Å². The molecule has 0 fully saturated rings. The van der Waals surface area contributed by atoms with Crippen molar-refractivity contribution >= 4 is 11.6 Å². The number of hydrogen-bond acceptors (Lipinski definition) is 2. The van der Waals surface area contributed by atoms with E-state index >= 15 is 0 Å². The number of nitrogens with one attached hydrogen (secondary N) is 2. The summed E-state index contributed by atoms with van der Waals surface area (Å²) in [6.45, 7) is 0.572. The highest BCUT2D eigenvalue weighted by molar-refractivity contribution is 5.92. The first-order valence-corrected chi connectivity index (χ1v) is 6.65. The summed E-state index contributed by atoms with van der Waals surface area (Å²) in [4.78, 5) is 11.6. The summed E-state index contributed by atoms with van der Waals surface area (Å²) in [6, 6.07) is 12.2. The molecule has 2 aromatic rings. The molecule has 2 aromatic carbocycles. The molecule has 0 bridgehead atoms. The van der Waals surface area contributed by atoms with E-state index < -0.39 is 5.82 Å². The average Bonchev–Trinajstić information content (AvgIpc) is 2.45. The second-order valence-electron chi connectivity index (χ2n) is 4.58. The molecule has 0 aliphatic carbocycles. The third-order valence-electron chi connectivity index (χ3n) is 2.92. The minimum absolute atomic E-state index is 0.0883. The highest BCUT2D eigenvalue weighted by Gasteiger charge is 2.04. The molecule has 0 heterocycles. The first kappa shape index (κ1) is 15.1. The second-order valence-corrected chi connectivity index (χ2v) is 4.58. The molecule has 0 aromatic heterocycles. The van der Waals surface area contributed by atoms with Gasteiger partial charge in [0.05, 0.1) is 6.54 Å². The monoisotopic (exact) mass is 290 g/mol. The van der Waals surface area contributed by atoms with Crippen LogP contribution in [0.2, 0.25) is 0 Å². The number of amides is 1. The smallest absolute Gasteiger partial charge is 0.238 e. The molecule has 0 saturated heterocycles. The van der Waals surface area contributed by atoms with Gasteiger partial charge in [-0.3, -0.25) is 4.79 Å². The Labute approximate surface area is 122 Å².